The Labute approximate surface area is 266 Å². The van der Waals surface area contributed by atoms with Crippen LogP contribution in [0.15, 0.2) is 0 Å². The van der Waals surface area contributed by atoms with Gasteiger partial charge in [-0.15, -0.1) is 0 Å². The summed E-state index contributed by atoms with van der Waals surface area (Å²) in [6.45, 7) is 4.54. The van der Waals surface area contributed by atoms with Crippen molar-refractivity contribution in [2.24, 2.45) is 0 Å². The van der Waals surface area contributed by atoms with Gasteiger partial charge in [-0.05, 0) is 44.1 Å². The third kappa shape index (κ3) is 27.7. The van der Waals surface area contributed by atoms with Crippen LogP contribution in [0, 0.1) is 0 Å². The summed E-state index contributed by atoms with van der Waals surface area (Å²) in [5.74, 6) is 0. The first kappa shape index (κ1) is 42.1. The predicted octanol–water partition coefficient (Wildman–Crippen LogP) is 11.6. The van der Waals surface area contributed by atoms with Crippen LogP contribution < -0.4 is 0 Å². The normalized spacial score (nSPS) is 13.7. The van der Waals surface area contributed by atoms with Gasteiger partial charge in [-0.2, -0.15) is 0 Å². The standard InChI is InChI=1S/C36H73NO3P2/c1-5-7-9-11-13-15-17-19-21-23-25-27-29-31-34(38)41-33-36(40,37(3)4)42-35(39)32-30-28-26-24-22-20-18-16-14-12-10-8-6-2/h40-42H,5-33H2,1-4H3. The van der Waals surface area contributed by atoms with E-state index in [2.05, 4.69) is 13.8 Å². The van der Waals surface area contributed by atoms with Gasteiger partial charge in [0.2, 0.25) is 0 Å². The Balaban J connectivity index is 3.80. The number of carbonyl (C=O) groups is 2. The Bertz CT molecular complexity index is 616. The van der Waals surface area contributed by atoms with Crippen molar-refractivity contribution >= 4 is 28.2 Å². The van der Waals surface area contributed by atoms with Gasteiger partial charge in [-0.3, -0.25) is 14.5 Å². The molecule has 0 aliphatic heterocycles. The lowest BCUT2D eigenvalue weighted by Gasteiger charge is -2.34. The number of hydrogen-bond acceptors (Lipinski definition) is 4. The fourth-order valence-corrected chi connectivity index (χ4v) is 8.22. The van der Waals surface area contributed by atoms with E-state index in [0.29, 0.717) is 19.0 Å². The molecule has 0 aromatic rings. The first-order valence-electron chi connectivity index (χ1n) is 18.3. The molecule has 6 heteroatoms. The van der Waals surface area contributed by atoms with Crippen molar-refractivity contribution in [2.75, 3.05) is 20.3 Å². The van der Waals surface area contributed by atoms with Crippen LogP contribution in [0.25, 0.3) is 0 Å². The quantitative estimate of drug-likeness (QED) is 0.0437. The molecule has 0 saturated heterocycles. The Morgan fingerprint density at radius 3 is 1.10 bits per heavy atom. The van der Waals surface area contributed by atoms with Crippen molar-refractivity contribution in [3.8, 4) is 0 Å². The van der Waals surface area contributed by atoms with E-state index >= 15 is 0 Å². The van der Waals surface area contributed by atoms with E-state index in [1.54, 1.807) is 4.90 Å². The molecule has 0 radical (unpaired) electrons. The highest BCUT2D eigenvalue weighted by Gasteiger charge is 2.32. The average molecular weight is 630 g/mol. The molecule has 0 saturated carbocycles. The van der Waals surface area contributed by atoms with Crippen LogP contribution in [0.5, 0.6) is 0 Å². The summed E-state index contributed by atoms with van der Waals surface area (Å²) in [6.07, 6.45) is 35.4. The van der Waals surface area contributed by atoms with Gasteiger partial charge in [-0.1, -0.05) is 168 Å². The molecule has 0 heterocycles. The summed E-state index contributed by atoms with van der Waals surface area (Å²) in [5, 5.41) is 11.2. The Morgan fingerprint density at radius 1 is 0.500 bits per heavy atom. The molecule has 0 bridgehead atoms. The third-order valence-corrected chi connectivity index (χ3v) is 11.8. The van der Waals surface area contributed by atoms with E-state index in [1.807, 2.05) is 14.1 Å². The first-order valence-corrected chi connectivity index (χ1v) is 20.5. The van der Waals surface area contributed by atoms with E-state index in [0.717, 1.165) is 25.7 Å². The monoisotopic (exact) mass is 630 g/mol. The molecular formula is C36H73NO3P2. The lowest BCUT2D eigenvalue weighted by Crippen LogP contribution is -2.43. The zero-order valence-electron chi connectivity index (χ0n) is 28.7. The summed E-state index contributed by atoms with van der Waals surface area (Å²) in [4.78, 5) is 26.9. The molecule has 0 spiro atoms. The summed E-state index contributed by atoms with van der Waals surface area (Å²) >= 11 is 0. The summed E-state index contributed by atoms with van der Waals surface area (Å²) in [7, 11) is 3.58. The molecule has 3 unspecified atom stereocenters. The van der Waals surface area contributed by atoms with E-state index in [-0.39, 0.29) is 28.2 Å². The van der Waals surface area contributed by atoms with Crippen LogP contribution in [0.1, 0.15) is 194 Å². The molecule has 0 aliphatic rings. The van der Waals surface area contributed by atoms with Crippen molar-refractivity contribution in [2.45, 2.75) is 199 Å². The maximum Gasteiger partial charge on any atom is 0.155 e. The molecule has 0 amide bonds. The highest BCUT2D eigenvalue weighted by atomic mass is 31.1. The molecule has 0 fully saturated rings. The lowest BCUT2D eigenvalue weighted by atomic mass is 10.0. The van der Waals surface area contributed by atoms with E-state index < -0.39 is 5.47 Å². The van der Waals surface area contributed by atoms with Gasteiger partial charge in [0.1, 0.15) is 5.47 Å². The molecule has 3 atom stereocenters. The van der Waals surface area contributed by atoms with Crippen molar-refractivity contribution in [3.05, 3.63) is 0 Å². The van der Waals surface area contributed by atoms with Gasteiger partial charge in [0.15, 0.2) is 11.0 Å². The summed E-state index contributed by atoms with van der Waals surface area (Å²) in [6, 6.07) is 0. The minimum absolute atomic E-state index is 0.0861. The molecular weight excluding hydrogens is 556 g/mol. The first-order chi connectivity index (χ1) is 20.4. The molecule has 0 aliphatic carbocycles. The summed E-state index contributed by atoms with van der Waals surface area (Å²) < 4.78 is 0. The van der Waals surface area contributed by atoms with Crippen LogP contribution in [0.2, 0.25) is 0 Å². The topological polar surface area (TPSA) is 57.6 Å². The number of hydrogen-bond donors (Lipinski definition) is 1. The molecule has 0 aromatic carbocycles. The van der Waals surface area contributed by atoms with E-state index in [1.165, 1.54) is 141 Å². The molecule has 42 heavy (non-hydrogen) atoms. The number of nitrogens with zero attached hydrogens (tertiary/aromatic N) is 1. The number of unbranched alkanes of at least 4 members (excludes halogenated alkanes) is 24. The molecule has 4 nitrogen and oxygen atoms in total. The van der Waals surface area contributed by atoms with E-state index in [4.69, 9.17) is 0 Å². The molecule has 0 aromatic heterocycles. The molecule has 1 N–H and O–H groups in total. The largest absolute Gasteiger partial charge is 0.371 e. The van der Waals surface area contributed by atoms with Crippen LogP contribution >= 0.6 is 17.2 Å². The van der Waals surface area contributed by atoms with Gasteiger partial charge in [0, 0.05) is 19.0 Å². The molecule has 0 rings (SSSR count). The fourth-order valence-electron chi connectivity index (χ4n) is 5.52. The third-order valence-electron chi connectivity index (χ3n) is 8.63. The van der Waals surface area contributed by atoms with Crippen LogP contribution in [-0.4, -0.2) is 46.8 Å². The van der Waals surface area contributed by atoms with Crippen molar-refractivity contribution in [1.82, 2.24) is 4.90 Å². The second-order valence-electron chi connectivity index (χ2n) is 13.0. The van der Waals surface area contributed by atoms with Crippen LogP contribution in [-0.2, 0) is 9.59 Å². The fraction of sp³-hybridized carbons (Fsp3) is 0.944. The maximum atomic E-state index is 12.7. The summed E-state index contributed by atoms with van der Waals surface area (Å²) in [5.41, 5.74) is -0.757. The van der Waals surface area contributed by atoms with Gasteiger partial charge < -0.3 is 5.11 Å². The Morgan fingerprint density at radius 2 is 0.786 bits per heavy atom. The van der Waals surface area contributed by atoms with Crippen molar-refractivity contribution in [3.63, 3.8) is 0 Å². The Kier molecular flexibility index (Phi) is 31.2. The average Bonchev–Trinajstić information content (AvgIpc) is 2.96. The zero-order valence-corrected chi connectivity index (χ0v) is 30.7. The second-order valence-corrected chi connectivity index (χ2v) is 15.9. The van der Waals surface area contributed by atoms with Crippen LogP contribution in [0.3, 0.4) is 0 Å². The second kappa shape index (κ2) is 31.1. The number of aliphatic hydroxyl groups is 1. The Hall–Kier alpha value is 0.120. The van der Waals surface area contributed by atoms with E-state index in [9.17, 15) is 14.7 Å². The minimum Gasteiger partial charge on any atom is -0.371 e. The van der Waals surface area contributed by atoms with Gasteiger partial charge in [-0.25, -0.2) is 0 Å². The maximum absolute atomic E-state index is 12.7. The smallest absolute Gasteiger partial charge is 0.155 e. The zero-order chi connectivity index (χ0) is 31.2. The number of rotatable bonds is 34. The van der Waals surface area contributed by atoms with Gasteiger partial charge >= 0.3 is 0 Å². The van der Waals surface area contributed by atoms with Gasteiger partial charge in [0.25, 0.3) is 0 Å². The highest BCUT2D eigenvalue weighted by Crippen LogP contribution is 2.38. The van der Waals surface area contributed by atoms with Crippen LogP contribution in [0.4, 0.5) is 0 Å². The SMILES string of the molecule is CCCCCCCCCCCCCCCC(=O)PCC(O)(PC(=O)CCCCCCCCCCCCCCC)N(C)C. The van der Waals surface area contributed by atoms with Gasteiger partial charge in [0.05, 0.1) is 0 Å². The minimum atomic E-state index is -1.17. The predicted molar refractivity (Wildman–Crippen MR) is 191 cm³/mol. The lowest BCUT2D eigenvalue weighted by molar-refractivity contribution is -0.113. The number of carbonyl (C=O) groups excluding carboxylic acids is 2. The highest BCUT2D eigenvalue weighted by molar-refractivity contribution is 7.62. The molecule has 250 valence electrons. The van der Waals surface area contributed by atoms with Crippen molar-refractivity contribution < 1.29 is 14.7 Å². The van der Waals surface area contributed by atoms with Crippen molar-refractivity contribution in [1.29, 1.82) is 0 Å².